The average Bonchev–Trinajstić information content (AvgIpc) is 2.67. The van der Waals surface area contributed by atoms with Gasteiger partial charge in [0.05, 0.1) is 0 Å². The van der Waals surface area contributed by atoms with E-state index in [-0.39, 0.29) is 5.41 Å². The van der Waals surface area contributed by atoms with E-state index in [4.69, 9.17) is 0 Å². The minimum Gasteiger partial charge on any atom is -0.299 e. The van der Waals surface area contributed by atoms with E-state index in [9.17, 15) is 4.79 Å². The quantitative estimate of drug-likeness (QED) is 0.357. The molecule has 0 aromatic heterocycles. The number of Topliss-reactive ketones (excluding diaryl/α,β-unsaturated/α-hetero) is 1. The fraction of sp³-hybridized carbons (Fsp3) is 0.900. The van der Waals surface area contributed by atoms with Crippen LogP contribution in [-0.2, 0) is 4.79 Å². The third kappa shape index (κ3) is 2.70. The van der Waals surface area contributed by atoms with E-state index in [0.717, 1.165) is 24.7 Å². The SMILES string of the molecule is CC1(C)CC[C@@]2(C)CC[C@]3(C)C(=CC[C@@H]4[C@@]5(C)CCC(=O)C(C)(C)[C@@H]5CC[C@]43C)[C@@H]2C1. The van der Waals surface area contributed by atoms with Crippen LogP contribution in [0.2, 0.25) is 0 Å². The number of hydrogen-bond acceptors (Lipinski definition) is 1. The Morgan fingerprint density at radius 1 is 0.806 bits per heavy atom. The van der Waals surface area contributed by atoms with Gasteiger partial charge in [-0.2, -0.15) is 0 Å². The normalized spacial score (nSPS) is 52.8. The van der Waals surface area contributed by atoms with Crippen LogP contribution in [0.4, 0.5) is 0 Å². The summed E-state index contributed by atoms with van der Waals surface area (Å²) in [5, 5.41) is 0. The highest BCUT2D eigenvalue weighted by Gasteiger charge is 2.67. The number of ketones is 1. The molecule has 5 rings (SSSR count). The van der Waals surface area contributed by atoms with Gasteiger partial charge in [0, 0.05) is 11.8 Å². The van der Waals surface area contributed by atoms with Crippen molar-refractivity contribution < 1.29 is 4.79 Å². The van der Waals surface area contributed by atoms with Gasteiger partial charge < -0.3 is 0 Å². The van der Waals surface area contributed by atoms with E-state index in [1.807, 2.05) is 5.57 Å². The van der Waals surface area contributed by atoms with Gasteiger partial charge in [-0.05, 0) is 103 Å². The van der Waals surface area contributed by atoms with E-state index in [1.165, 1.54) is 51.4 Å². The average molecular weight is 425 g/mol. The Morgan fingerprint density at radius 2 is 1.48 bits per heavy atom. The van der Waals surface area contributed by atoms with Crippen LogP contribution in [0.5, 0.6) is 0 Å². The van der Waals surface area contributed by atoms with Gasteiger partial charge in [-0.15, -0.1) is 0 Å². The molecule has 0 aromatic rings. The van der Waals surface area contributed by atoms with Gasteiger partial charge in [0.1, 0.15) is 5.78 Å². The molecule has 0 saturated heterocycles. The summed E-state index contributed by atoms with van der Waals surface area (Å²) in [5.74, 6) is 2.58. The second-order valence-corrected chi connectivity index (χ2v) is 15.0. The maximum Gasteiger partial charge on any atom is 0.138 e. The zero-order valence-corrected chi connectivity index (χ0v) is 21.8. The Kier molecular flexibility index (Phi) is 4.51. The van der Waals surface area contributed by atoms with Crippen molar-refractivity contribution in [1.29, 1.82) is 0 Å². The van der Waals surface area contributed by atoms with Gasteiger partial charge in [-0.3, -0.25) is 4.79 Å². The molecule has 4 saturated carbocycles. The lowest BCUT2D eigenvalue weighted by atomic mass is 9.34. The molecule has 0 spiro atoms. The van der Waals surface area contributed by atoms with Crippen LogP contribution in [0.15, 0.2) is 11.6 Å². The molecule has 31 heavy (non-hydrogen) atoms. The smallest absolute Gasteiger partial charge is 0.138 e. The third-order valence-electron chi connectivity index (χ3n) is 12.8. The molecule has 0 N–H and O–H groups in total. The second kappa shape index (κ2) is 6.29. The molecule has 7 atom stereocenters. The molecule has 5 aliphatic rings. The van der Waals surface area contributed by atoms with Gasteiger partial charge in [0.15, 0.2) is 0 Å². The maximum atomic E-state index is 12.9. The molecule has 0 heterocycles. The van der Waals surface area contributed by atoms with E-state index >= 15 is 0 Å². The van der Waals surface area contributed by atoms with E-state index in [1.54, 1.807) is 0 Å². The second-order valence-electron chi connectivity index (χ2n) is 15.0. The van der Waals surface area contributed by atoms with E-state index in [0.29, 0.717) is 38.8 Å². The number of carbonyl (C=O) groups is 1. The van der Waals surface area contributed by atoms with Crippen molar-refractivity contribution in [2.75, 3.05) is 0 Å². The molecule has 4 fully saturated rings. The van der Waals surface area contributed by atoms with E-state index < -0.39 is 0 Å². The maximum absolute atomic E-state index is 12.9. The Hall–Kier alpha value is -0.590. The Balaban J connectivity index is 1.58. The van der Waals surface area contributed by atoms with Gasteiger partial charge in [0.25, 0.3) is 0 Å². The number of carbonyl (C=O) groups excluding carboxylic acids is 1. The lowest BCUT2D eigenvalue weighted by Gasteiger charge is -2.70. The molecule has 0 unspecified atom stereocenters. The van der Waals surface area contributed by atoms with Crippen molar-refractivity contribution in [3.05, 3.63) is 11.6 Å². The molecular weight excluding hydrogens is 376 g/mol. The fourth-order valence-electron chi connectivity index (χ4n) is 10.3. The van der Waals surface area contributed by atoms with Gasteiger partial charge in [-0.25, -0.2) is 0 Å². The van der Waals surface area contributed by atoms with Gasteiger partial charge in [-0.1, -0.05) is 67.0 Å². The van der Waals surface area contributed by atoms with Crippen molar-refractivity contribution in [2.45, 2.75) is 120 Å². The summed E-state index contributed by atoms with van der Waals surface area (Å²) in [5.41, 5.74) is 3.75. The predicted molar refractivity (Wildman–Crippen MR) is 130 cm³/mol. The first-order valence-corrected chi connectivity index (χ1v) is 13.4. The molecule has 0 aromatic carbocycles. The van der Waals surface area contributed by atoms with Crippen LogP contribution < -0.4 is 0 Å². The standard InChI is InChI=1S/C30H48O/c1-25(2)15-16-27(5)17-18-29(7)20(21(27)19-25)9-10-23-28(6)13-12-24(31)26(3,4)22(28)11-14-30(23,29)8/h9,21-23H,10-19H2,1-8H3/t21-,22-,23+,27-,28-,29+,30+/m0/s1. The van der Waals surface area contributed by atoms with Crippen molar-refractivity contribution in [3.8, 4) is 0 Å². The summed E-state index contributed by atoms with van der Waals surface area (Å²) < 4.78 is 0. The largest absolute Gasteiger partial charge is 0.299 e. The summed E-state index contributed by atoms with van der Waals surface area (Å²) in [6, 6.07) is 0. The summed E-state index contributed by atoms with van der Waals surface area (Å²) in [4.78, 5) is 12.9. The van der Waals surface area contributed by atoms with E-state index in [2.05, 4.69) is 61.5 Å². The van der Waals surface area contributed by atoms with Crippen LogP contribution in [-0.4, -0.2) is 5.78 Å². The predicted octanol–water partition coefficient (Wildman–Crippen LogP) is 8.38. The van der Waals surface area contributed by atoms with Crippen molar-refractivity contribution in [2.24, 2.45) is 50.2 Å². The topological polar surface area (TPSA) is 17.1 Å². The molecule has 0 amide bonds. The summed E-state index contributed by atoms with van der Waals surface area (Å²) in [6.45, 7) is 20.1. The highest BCUT2D eigenvalue weighted by Crippen LogP contribution is 2.75. The summed E-state index contributed by atoms with van der Waals surface area (Å²) in [7, 11) is 0. The number of hydrogen-bond donors (Lipinski definition) is 0. The molecule has 0 bridgehead atoms. The lowest BCUT2D eigenvalue weighted by molar-refractivity contribution is -0.184. The monoisotopic (exact) mass is 424 g/mol. The molecule has 0 radical (unpaired) electrons. The Morgan fingerprint density at radius 3 is 2.19 bits per heavy atom. The zero-order valence-electron chi connectivity index (χ0n) is 21.8. The first kappa shape index (κ1) is 22.2. The highest BCUT2D eigenvalue weighted by molar-refractivity contribution is 5.85. The number of allylic oxidation sites excluding steroid dienone is 2. The molecule has 0 aliphatic heterocycles. The highest BCUT2D eigenvalue weighted by atomic mass is 16.1. The van der Waals surface area contributed by atoms with Crippen molar-refractivity contribution >= 4 is 5.78 Å². The van der Waals surface area contributed by atoms with Crippen LogP contribution in [0.1, 0.15) is 120 Å². The molecule has 1 nitrogen and oxygen atoms in total. The zero-order chi connectivity index (χ0) is 22.7. The van der Waals surface area contributed by atoms with Gasteiger partial charge >= 0.3 is 0 Å². The fourth-order valence-corrected chi connectivity index (χ4v) is 10.3. The molecular formula is C30H48O. The van der Waals surface area contributed by atoms with Crippen molar-refractivity contribution in [1.82, 2.24) is 0 Å². The minimum absolute atomic E-state index is 0.141. The molecule has 1 heteroatoms. The summed E-state index contributed by atoms with van der Waals surface area (Å²) >= 11 is 0. The van der Waals surface area contributed by atoms with Crippen LogP contribution in [0.25, 0.3) is 0 Å². The minimum atomic E-state index is -0.141. The first-order valence-electron chi connectivity index (χ1n) is 13.4. The summed E-state index contributed by atoms with van der Waals surface area (Å²) in [6.07, 6.45) is 15.5. The Labute approximate surface area is 192 Å². The molecule has 174 valence electrons. The third-order valence-corrected chi connectivity index (χ3v) is 12.8. The van der Waals surface area contributed by atoms with Crippen LogP contribution in [0.3, 0.4) is 0 Å². The number of rotatable bonds is 0. The number of fused-ring (bicyclic) bond motifs is 7. The first-order chi connectivity index (χ1) is 14.2. The van der Waals surface area contributed by atoms with Crippen LogP contribution in [0, 0.1) is 50.2 Å². The lowest BCUT2D eigenvalue weighted by Crippen LogP contribution is -2.64. The molecule has 5 aliphatic carbocycles. The van der Waals surface area contributed by atoms with Crippen molar-refractivity contribution in [3.63, 3.8) is 0 Å². The Bertz CT molecular complexity index is 831. The van der Waals surface area contributed by atoms with Crippen LogP contribution >= 0.6 is 0 Å². The van der Waals surface area contributed by atoms with Gasteiger partial charge in [0.2, 0.25) is 0 Å².